The van der Waals surface area contributed by atoms with Crippen molar-refractivity contribution in [2.45, 2.75) is 13.0 Å². The van der Waals surface area contributed by atoms with E-state index < -0.39 is 16.3 Å². The Labute approximate surface area is 90.6 Å². The predicted octanol–water partition coefficient (Wildman–Crippen LogP) is -1.04. The lowest BCUT2D eigenvalue weighted by molar-refractivity contribution is -0.136. The fraction of sp³-hybridized carbons (Fsp3) is 0.875. The highest BCUT2D eigenvalue weighted by Crippen LogP contribution is 2.15. The maximum atomic E-state index is 11.8. The van der Waals surface area contributed by atoms with Gasteiger partial charge in [0.05, 0.1) is 0 Å². The molecule has 1 saturated heterocycles. The van der Waals surface area contributed by atoms with Crippen LogP contribution in [0.25, 0.3) is 0 Å². The number of hydrogen-bond acceptors (Lipinski definition) is 3. The molecule has 0 aliphatic carbocycles. The predicted molar refractivity (Wildman–Crippen MR) is 56.4 cm³/mol. The van der Waals surface area contributed by atoms with E-state index in [9.17, 15) is 13.2 Å². The van der Waals surface area contributed by atoms with Crippen molar-refractivity contribution < 1.29 is 13.2 Å². The zero-order valence-electron chi connectivity index (χ0n) is 9.47. The molecule has 0 saturated carbocycles. The second-order valence-electron chi connectivity index (χ2n) is 3.84. The molecule has 6 nitrogen and oxygen atoms in total. The van der Waals surface area contributed by atoms with Gasteiger partial charge in [-0.3, -0.25) is 4.79 Å². The fourth-order valence-electron chi connectivity index (χ4n) is 1.52. The van der Waals surface area contributed by atoms with E-state index >= 15 is 0 Å². The smallest absolute Gasteiger partial charge is 0.282 e. The van der Waals surface area contributed by atoms with Gasteiger partial charge in [0.15, 0.2) is 0 Å². The minimum atomic E-state index is -3.49. The second kappa shape index (κ2) is 4.07. The molecule has 15 heavy (non-hydrogen) atoms. The zero-order valence-corrected chi connectivity index (χ0v) is 10.3. The van der Waals surface area contributed by atoms with Gasteiger partial charge in [-0.2, -0.15) is 17.0 Å². The van der Waals surface area contributed by atoms with E-state index in [1.165, 1.54) is 18.4 Å². The molecule has 88 valence electrons. The average molecular weight is 235 g/mol. The fourth-order valence-corrected chi connectivity index (χ4v) is 2.74. The van der Waals surface area contributed by atoms with Crippen LogP contribution in [0.5, 0.6) is 0 Å². The summed E-state index contributed by atoms with van der Waals surface area (Å²) in [5.41, 5.74) is 0. The van der Waals surface area contributed by atoms with Crippen molar-refractivity contribution in [1.29, 1.82) is 0 Å². The number of amides is 1. The monoisotopic (exact) mass is 235 g/mol. The molecule has 0 radical (unpaired) electrons. The van der Waals surface area contributed by atoms with Crippen LogP contribution in [0.3, 0.4) is 0 Å². The molecule has 7 heteroatoms. The van der Waals surface area contributed by atoms with Crippen LogP contribution in [0.4, 0.5) is 0 Å². The summed E-state index contributed by atoms with van der Waals surface area (Å²) in [6.45, 7) is 2.40. The molecule has 0 aromatic heterocycles. The van der Waals surface area contributed by atoms with Crippen LogP contribution in [-0.2, 0) is 15.0 Å². The van der Waals surface area contributed by atoms with Crippen LogP contribution >= 0.6 is 0 Å². The first-order chi connectivity index (χ1) is 6.78. The summed E-state index contributed by atoms with van der Waals surface area (Å²) in [7, 11) is 1.12. The van der Waals surface area contributed by atoms with Crippen molar-refractivity contribution in [3.63, 3.8) is 0 Å². The van der Waals surface area contributed by atoms with Crippen LogP contribution in [0, 0.1) is 0 Å². The molecule has 0 aromatic rings. The van der Waals surface area contributed by atoms with Crippen LogP contribution in [-0.4, -0.2) is 68.1 Å². The Balaban J connectivity index is 2.95. The molecule has 1 amide bonds. The molecule has 0 N–H and O–H groups in total. The van der Waals surface area contributed by atoms with Gasteiger partial charge >= 0.3 is 0 Å². The Morgan fingerprint density at radius 2 is 1.87 bits per heavy atom. The summed E-state index contributed by atoms with van der Waals surface area (Å²) in [4.78, 5) is 13.2. The van der Waals surface area contributed by atoms with Gasteiger partial charge in [0.2, 0.25) is 5.91 Å². The van der Waals surface area contributed by atoms with E-state index in [1.54, 1.807) is 18.9 Å². The van der Waals surface area contributed by atoms with Gasteiger partial charge in [0, 0.05) is 34.2 Å². The Hall–Kier alpha value is -0.660. The molecule has 0 aromatic carbocycles. The molecule has 1 aliphatic rings. The number of carbonyl (C=O) groups excluding carboxylic acids is 1. The highest BCUT2D eigenvalue weighted by molar-refractivity contribution is 7.86. The molecular formula is C8H17N3O3S. The second-order valence-corrected chi connectivity index (χ2v) is 5.93. The van der Waals surface area contributed by atoms with Crippen LogP contribution in [0.15, 0.2) is 0 Å². The Bertz CT molecular complexity index is 352. The van der Waals surface area contributed by atoms with Crippen molar-refractivity contribution in [3.8, 4) is 0 Å². The summed E-state index contributed by atoms with van der Waals surface area (Å²) in [6, 6.07) is -0.615. The Morgan fingerprint density at radius 1 is 1.33 bits per heavy atom. The van der Waals surface area contributed by atoms with Gasteiger partial charge in [0.25, 0.3) is 10.2 Å². The molecule has 1 rings (SSSR count). The quantitative estimate of drug-likeness (QED) is 0.614. The van der Waals surface area contributed by atoms with Gasteiger partial charge in [0.1, 0.15) is 6.04 Å². The Kier molecular flexibility index (Phi) is 3.37. The van der Waals surface area contributed by atoms with E-state index in [0.717, 1.165) is 4.31 Å². The Morgan fingerprint density at radius 3 is 2.33 bits per heavy atom. The van der Waals surface area contributed by atoms with Crippen molar-refractivity contribution in [2.24, 2.45) is 0 Å². The molecule has 1 atom stereocenters. The van der Waals surface area contributed by atoms with Crippen molar-refractivity contribution in [1.82, 2.24) is 13.5 Å². The normalized spacial score (nSPS) is 25.0. The van der Waals surface area contributed by atoms with Gasteiger partial charge in [-0.25, -0.2) is 0 Å². The lowest BCUT2D eigenvalue weighted by Crippen LogP contribution is -2.58. The molecule has 0 bridgehead atoms. The number of carbonyl (C=O) groups is 1. The van der Waals surface area contributed by atoms with Crippen LogP contribution < -0.4 is 0 Å². The van der Waals surface area contributed by atoms with E-state index in [2.05, 4.69) is 0 Å². The zero-order chi connectivity index (χ0) is 11.8. The highest BCUT2D eigenvalue weighted by atomic mass is 32.2. The third-order valence-electron chi connectivity index (χ3n) is 2.58. The maximum absolute atomic E-state index is 11.8. The number of likely N-dealkylation sites (N-methyl/N-ethyl adjacent to an activating group) is 1. The highest BCUT2D eigenvalue weighted by Gasteiger charge is 2.37. The standard InChI is InChI=1S/C8H17N3O3S/c1-7-8(12)10(4)5-6-11(7)15(13,14)9(2)3/h7H,5-6H2,1-4H3. The number of piperazine rings is 1. The largest absolute Gasteiger partial charge is 0.343 e. The molecule has 1 aliphatic heterocycles. The first-order valence-corrected chi connectivity index (χ1v) is 6.12. The summed E-state index contributed by atoms with van der Waals surface area (Å²) in [5, 5.41) is 0. The van der Waals surface area contributed by atoms with E-state index in [-0.39, 0.29) is 5.91 Å². The first kappa shape index (κ1) is 12.4. The number of nitrogens with zero attached hydrogens (tertiary/aromatic N) is 3. The van der Waals surface area contributed by atoms with Gasteiger partial charge in [-0.15, -0.1) is 0 Å². The summed E-state index contributed by atoms with van der Waals surface area (Å²) in [6.07, 6.45) is 0. The maximum Gasteiger partial charge on any atom is 0.282 e. The van der Waals surface area contributed by atoms with Gasteiger partial charge < -0.3 is 4.90 Å². The minimum absolute atomic E-state index is 0.160. The molecule has 1 heterocycles. The van der Waals surface area contributed by atoms with Crippen molar-refractivity contribution >= 4 is 16.1 Å². The third kappa shape index (κ3) is 2.14. The number of rotatable bonds is 2. The minimum Gasteiger partial charge on any atom is -0.343 e. The molecule has 0 spiro atoms. The molecular weight excluding hydrogens is 218 g/mol. The molecule has 1 fully saturated rings. The SMILES string of the molecule is CC1C(=O)N(C)CCN1S(=O)(=O)N(C)C. The lowest BCUT2D eigenvalue weighted by Gasteiger charge is -2.37. The first-order valence-electron chi connectivity index (χ1n) is 4.72. The van der Waals surface area contributed by atoms with E-state index in [4.69, 9.17) is 0 Å². The van der Waals surface area contributed by atoms with Gasteiger partial charge in [-0.1, -0.05) is 0 Å². The number of hydrogen-bond donors (Lipinski definition) is 0. The summed E-state index contributed by atoms with van der Waals surface area (Å²) in [5.74, 6) is -0.160. The van der Waals surface area contributed by atoms with Crippen molar-refractivity contribution in [3.05, 3.63) is 0 Å². The molecule has 1 unspecified atom stereocenters. The van der Waals surface area contributed by atoms with E-state index in [1.807, 2.05) is 0 Å². The van der Waals surface area contributed by atoms with Gasteiger partial charge in [-0.05, 0) is 6.92 Å². The third-order valence-corrected chi connectivity index (χ3v) is 4.59. The van der Waals surface area contributed by atoms with Crippen LogP contribution in [0.1, 0.15) is 6.92 Å². The summed E-state index contributed by atoms with van der Waals surface area (Å²) >= 11 is 0. The topological polar surface area (TPSA) is 60.9 Å². The lowest BCUT2D eigenvalue weighted by atomic mass is 10.2. The van der Waals surface area contributed by atoms with Crippen LogP contribution in [0.2, 0.25) is 0 Å². The average Bonchev–Trinajstić information content (AvgIpc) is 2.13. The van der Waals surface area contributed by atoms with Crippen molar-refractivity contribution in [2.75, 3.05) is 34.2 Å². The van der Waals surface area contributed by atoms with E-state index in [0.29, 0.717) is 13.1 Å². The summed E-state index contributed by atoms with van der Waals surface area (Å²) < 4.78 is 26.0.